The van der Waals surface area contributed by atoms with Gasteiger partial charge in [-0.3, -0.25) is 0 Å². The number of nitrogens with two attached hydrogens (primary N) is 1. The first-order valence-corrected chi connectivity index (χ1v) is 6.98. The Balaban J connectivity index is 0.00000192. The highest BCUT2D eigenvalue weighted by Gasteiger charge is 2.11. The van der Waals surface area contributed by atoms with E-state index >= 15 is 0 Å². The second kappa shape index (κ2) is 7.71. The molecule has 120 valence electrons. The summed E-state index contributed by atoms with van der Waals surface area (Å²) in [5.74, 6) is 1.37. The number of ether oxygens (including phenoxy) is 1. The van der Waals surface area contributed by atoms with Crippen LogP contribution in [0.3, 0.4) is 0 Å². The number of aromatic nitrogens is 4. The third-order valence-electron chi connectivity index (χ3n) is 3.51. The number of nitrogens with one attached hydrogen (secondary N) is 1. The standard InChI is InChI=1S/C16H17N5O.ClH/c1-22-14-4-2-3-13(10-14)12-7-5-11(6-8-12)9-15(17)16-18-20-21-19-16;/h2-8,10,15H,9,17H2,1H3,(H,18,19,20,21);1H/t15-;/m0./s1. The summed E-state index contributed by atoms with van der Waals surface area (Å²) in [4.78, 5) is 0. The van der Waals surface area contributed by atoms with Gasteiger partial charge in [0, 0.05) is 0 Å². The van der Waals surface area contributed by atoms with E-state index < -0.39 is 0 Å². The molecule has 3 aromatic rings. The van der Waals surface area contributed by atoms with Crippen LogP contribution in [0.1, 0.15) is 17.4 Å². The van der Waals surface area contributed by atoms with Gasteiger partial charge in [-0.25, -0.2) is 0 Å². The van der Waals surface area contributed by atoms with Crippen molar-refractivity contribution < 1.29 is 4.74 Å². The van der Waals surface area contributed by atoms with Gasteiger partial charge in [0.1, 0.15) is 5.75 Å². The lowest BCUT2D eigenvalue weighted by molar-refractivity contribution is 0.415. The molecule has 0 unspecified atom stereocenters. The molecule has 0 saturated heterocycles. The molecule has 0 aliphatic rings. The summed E-state index contributed by atoms with van der Waals surface area (Å²) in [5.41, 5.74) is 9.44. The molecule has 0 aliphatic carbocycles. The average molecular weight is 332 g/mol. The molecule has 0 fully saturated rings. The predicted molar refractivity (Wildman–Crippen MR) is 90.5 cm³/mol. The third kappa shape index (κ3) is 4.06. The van der Waals surface area contributed by atoms with E-state index in [-0.39, 0.29) is 18.4 Å². The van der Waals surface area contributed by atoms with Gasteiger partial charge in [0.05, 0.1) is 13.2 Å². The summed E-state index contributed by atoms with van der Waals surface area (Å²) < 4.78 is 5.25. The summed E-state index contributed by atoms with van der Waals surface area (Å²) in [5, 5.41) is 13.8. The monoisotopic (exact) mass is 331 g/mol. The maximum Gasteiger partial charge on any atom is 0.191 e. The molecule has 0 radical (unpaired) electrons. The summed E-state index contributed by atoms with van der Waals surface area (Å²) in [7, 11) is 1.67. The van der Waals surface area contributed by atoms with Gasteiger partial charge in [-0.1, -0.05) is 41.6 Å². The Labute approximate surface area is 140 Å². The van der Waals surface area contributed by atoms with Crippen LogP contribution < -0.4 is 10.5 Å². The molecule has 0 bridgehead atoms. The Morgan fingerprint density at radius 3 is 2.57 bits per heavy atom. The highest BCUT2D eigenvalue weighted by molar-refractivity contribution is 5.85. The zero-order valence-corrected chi connectivity index (χ0v) is 13.5. The minimum atomic E-state index is -0.263. The van der Waals surface area contributed by atoms with E-state index in [1.54, 1.807) is 7.11 Å². The Bertz CT molecular complexity index is 730. The number of aromatic amines is 1. The van der Waals surface area contributed by atoms with Crippen molar-refractivity contribution in [3.05, 3.63) is 59.9 Å². The highest BCUT2D eigenvalue weighted by atomic mass is 35.5. The van der Waals surface area contributed by atoms with Crippen molar-refractivity contribution in [3.8, 4) is 16.9 Å². The van der Waals surface area contributed by atoms with Crippen molar-refractivity contribution >= 4 is 12.4 Å². The lowest BCUT2D eigenvalue weighted by atomic mass is 10.0. The highest BCUT2D eigenvalue weighted by Crippen LogP contribution is 2.24. The number of hydrogen-bond donors (Lipinski definition) is 2. The number of H-pyrrole nitrogens is 1. The number of halogens is 1. The molecular weight excluding hydrogens is 314 g/mol. The summed E-state index contributed by atoms with van der Waals surface area (Å²) >= 11 is 0. The van der Waals surface area contributed by atoms with Crippen LogP contribution in [-0.2, 0) is 6.42 Å². The first-order valence-electron chi connectivity index (χ1n) is 6.98. The molecule has 3 N–H and O–H groups in total. The van der Waals surface area contributed by atoms with Crippen LogP contribution in [0.2, 0.25) is 0 Å². The van der Waals surface area contributed by atoms with E-state index in [1.165, 1.54) is 0 Å². The molecule has 7 heteroatoms. The van der Waals surface area contributed by atoms with Crippen LogP contribution in [0, 0.1) is 0 Å². The van der Waals surface area contributed by atoms with Crippen molar-refractivity contribution in [2.24, 2.45) is 5.73 Å². The van der Waals surface area contributed by atoms with Gasteiger partial charge in [-0.15, -0.1) is 22.6 Å². The largest absolute Gasteiger partial charge is 0.497 e. The van der Waals surface area contributed by atoms with Crippen LogP contribution in [0.4, 0.5) is 0 Å². The van der Waals surface area contributed by atoms with Crippen molar-refractivity contribution in [3.63, 3.8) is 0 Å². The van der Waals surface area contributed by atoms with Crippen LogP contribution in [0.15, 0.2) is 48.5 Å². The fraction of sp³-hybridized carbons (Fsp3) is 0.188. The maximum absolute atomic E-state index is 6.06. The van der Waals surface area contributed by atoms with Crippen molar-refractivity contribution in [2.75, 3.05) is 7.11 Å². The van der Waals surface area contributed by atoms with Gasteiger partial charge in [0.2, 0.25) is 0 Å². The Kier molecular flexibility index (Phi) is 5.67. The molecule has 1 heterocycles. The Hall–Kier alpha value is -2.44. The molecule has 3 rings (SSSR count). The number of benzene rings is 2. The minimum Gasteiger partial charge on any atom is -0.497 e. The first kappa shape index (κ1) is 16.9. The lowest BCUT2D eigenvalue weighted by Gasteiger charge is -2.09. The van der Waals surface area contributed by atoms with E-state index in [1.807, 2.05) is 18.2 Å². The number of nitrogens with zero attached hydrogens (tertiary/aromatic N) is 3. The second-order valence-electron chi connectivity index (χ2n) is 5.01. The molecule has 0 amide bonds. The molecule has 23 heavy (non-hydrogen) atoms. The first-order chi connectivity index (χ1) is 10.8. The number of rotatable bonds is 5. The molecule has 6 nitrogen and oxygen atoms in total. The van der Waals surface area contributed by atoms with Crippen LogP contribution >= 0.6 is 12.4 Å². The minimum absolute atomic E-state index is 0. The maximum atomic E-state index is 6.06. The van der Waals surface area contributed by atoms with Gasteiger partial charge >= 0.3 is 0 Å². The van der Waals surface area contributed by atoms with E-state index in [0.717, 1.165) is 22.4 Å². The van der Waals surface area contributed by atoms with Crippen LogP contribution in [0.25, 0.3) is 11.1 Å². The fourth-order valence-electron chi connectivity index (χ4n) is 2.31. The number of tetrazole rings is 1. The molecule has 0 spiro atoms. The second-order valence-corrected chi connectivity index (χ2v) is 5.01. The van der Waals surface area contributed by atoms with Crippen molar-refractivity contribution in [1.29, 1.82) is 0 Å². The van der Waals surface area contributed by atoms with Crippen molar-refractivity contribution in [2.45, 2.75) is 12.5 Å². The Morgan fingerprint density at radius 1 is 1.13 bits per heavy atom. The van der Waals surface area contributed by atoms with E-state index in [4.69, 9.17) is 10.5 Å². The van der Waals surface area contributed by atoms with E-state index in [0.29, 0.717) is 12.2 Å². The topological polar surface area (TPSA) is 89.7 Å². The normalized spacial score (nSPS) is 11.6. The SMILES string of the molecule is COc1cccc(-c2ccc(C[C@H](N)c3nn[nH]n3)cc2)c1.Cl. The number of hydrogen-bond acceptors (Lipinski definition) is 5. The van der Waals surface area contributed by atoms with Gasteiger partial charge in [-0.2, -0.15) is 5.21 Å². The molecule has 0 aliphatic heterocycles. The molecule has 0 saturated carbocycles. The quantitative estimate of drug-likeness (QED) is 0.750. The Morgan fingerprint density at radius 2 is 1.91 bits per heavy atom. The molecule has 2 aromatic carbocycles. The fourth-order valence-corrected chi connectivity index (χ4v) is 2.31. The number of methoxy groups -OCH3 is 1. The summed E-state index contributed by atoms with van der Waals surface area (Å²) in [6.45, 7) is 0. The van der Waals surface area contributed by atoms with Crippen LogP contribution in [0.5, 0.6) is 5.75 Å². The van der Waals surface area contributed by atoms with E-state index in [2.05, 4.69) is 51.0 Å². The smallest absolute Gasteiger partial charge is 0.191 e. The predicted octanol–water partition coefficient (Wildman–Crippen LogP) is 2.54. The van der Waals surface area contributed by atoms with Gasteiger partial charge in [0.15, 0.2) is 5.82 Å². The lowest BCUT2D eigenvalue weighted by Crippen LogP contribution is -2.15. The molecular formula is C16H18ClN5O. The van der Waals surface area contributed by atoms with Crippen LogP contribution in [-0.4, -0.2) is 27.7 Å². The third-order valence-corrected chi connectivity index (χ3v) is 3.51. The molecule has 1 atom stereocenters. The zero-order valence-electron chi connectivity index (χ0n) is 12.6. The van der Waals surface area contributed by atoms with Gasteiger partial charge < -0.3 is 10.5 Å². The van der Waals surface area contributed by atoms with Gasteiger partial charge in [0.25, 0.3) is 0 Å². The molecule has 1 aromatic heterocycles. The summed E-state index contributed by atoms with van der Waals surface area (Å²) in [6, 6.07) is 16.0. The van der Waals surface area contributed by atoms with Crippen molar-refractivity contribution in [1.82, 2.24) is 20.6 Å². The van der Waals surface area contributed by atoms with E-state index in [9.17, 15) is 0 Å². The zero-order chi connectivity index (χ0) is 15.4. The van der Waals surface area contributed by atoms with Gasteiger partial charge in [-0.05, 0) is 35.2 Å². The summed E-state index contributed by atoms with van der Waals surface area (Å²) in [6.07, 6.45) is 0.665. The average Bonchev–Trinajstić information content (AvgIpc) is 3.10.